The summed E-state index contributed by atoms with van der Waals surface area (Å²) in [4.78, 5) is 28.8. The Hall–Kier alpha value is -3.38. The van der Waals surface area contributed by atoms with Gasteiger partial charge in [-0.05, 0) is 55.2 Å². The van der Waals surface area contributed by atoms with E-state index in [1.54, 1.807) is 42.5 Å². The molecule has 0 aromatic heterocycles. The van der Waals surface area contributed by atoms with Gasteiger partial charge < -0.3 is 15.0 Å². The fraction of sp³-hybridized carbons (Fsp3) is 0.355. The lowest BCUT2D eigenvalue weighted by atomic mass is 10.0. The number of benzene rings is 3. The second-order valence-electron chi connectivity index (χ2n) is 9.71. The second kappa shape index (κ2) is 14.0. The van der Waals surface area contributed by atoms with Crippen molar-refractivity contribution in [2.24, 2.45) is 0 Å². The number of halogens is 2. The Bertz CT molecular complexity index is 1180. The van der Waals surface area contributed by atoms with Crippen molar-refractivity contribution in [1.82, 2.24) is 10.2 Å². The van der Waals surface area contributed by atoms with Crippen LogP contribution in [0.5, 0.6) is 5.75 Å². The first-order chi connectivity index (χ1) is 18.5. The van der Waals surface area contributed by atoms with E-state index in [1.165, 1.54) is 11.0 Å². The van der Waals surface area contributed by atoms with Gasteiger partial charge in [-0.3, -0.25) is 9.59 Å². The summed E-state index contributed by atoms with van der Waals surface area (Å²) in [6, 6.07) is 22.4. The number of hydrogen-bond acceptors (Lipinski definition) is 3. The standard InChI is InChI=1S/C31H34ClFN2O3/c32-25-16-18-27(19-17-25)38-20-8-15-30(36)35(22-24-11-4-7-14-28(24)33)29(21-23-9-2-1-3-10-23)31(37)34-26-12-5-6-13-26/h1-4,7,9-11,14,16-19,26,29H,5-6,8,12-13,15,20-22H2,(H,34,37)/t29-/m0/s1. The lowest BCUT2D eigenvalue weighted by molar-refractivity contribution is -0.141. The lowest BCUT2D eigenvalue weighted by Crippen LogP contribution is -2.52. The lowest BCUT2D eigenvalue weighted by Gasteiger charge is -2.32. The first-order valence-electron chi connectivity index (χ1n) is 13.2. The summed E-state index contributed by atoms with van der Waals surface area (Å²) in [5.74, 6) is -0.132. The average molecular weight is 537 g/mol. The normalized spacial score (nSPS) is 14.2. The number of hydrogen-bond donors (Lipinski definition) is 1. The van der Waals surface area contributed by atoms with Gasteiger partial charge >= 0.3 is 0 Å². The highest BCUT2D eigenvalue weighted by atomic mass is 35.5. The van der Waals surface area contributed by atoms with E-state index in [4.69, 9.17) is 16.3 Å². The van der Waals surface area contributed by atoms with Gasteiger partial charge in [0.1, 0.15) is 17.6 Å². The van der Waals surface area contributed by atoms with Gasteiger partial charge in [0.05, 0.1) is 6.61 Å². The van der Waals surface area contributed by atoms with Crippen LogP contribution in [0.25, 0.3) is 0 Å². The molecule has 3 aromatic rings. The molecule has 200 valence electrons. The Labute approximate surface area is 228 Å². The van der Waals surface area contributed by atoms with Crippen LogP contribution in [0.3, 0.4) is 0 Å². The van der Waals surface area contributed by atoms with Crippen molar-refractivity contribution in [2.75, 3.05) is 6.61 Å². The molecule has 7 heteroatoms. The topological polar surface area (TPSA) is 58.6 Å². The largest absolute Gasteiger partial charge is 0.494 e. The highest BCUT2D eigenvalue weighted by Gasteiger charge is 2.32. The monoisotopic (exact) mass is 536 g/mol. The summed E-state index contributed by atoms with van der Waals surface area (Å²) >= 11 is 5.93. The molecule has 0 bridgehead atoms. The number of ether oxygens (including phenoxy) is 1. The molecule has 2 amide bonds. The van der Waals surface area contributed by atoms with Gasteiger partial charge in [0.2, 0.25) is 11.8 Å². The molecule has 1 N–H and O–H groups in total. The smallest absolute Gasteiger partial charge is 0.243 e. The van der Waals surface area contributed by atoms with Gasteiger partial charge in [0.15, 0.2) is 0 Å². The minimum atomic E-state index is -0.762. The minimum absolute atomic E-state index is 0.0130. The van der Waals surface area contributed by atoms with Crippen molar-refractivity contribution in [2.45, 2.75) is 63.6 Å². The van der Waals surface area contributed by atoms with Crippen LogP contribution in [-0.4, -0.2) is 35.4 Å². The van der Waals surface area contributed by atoms with Gasteiger partial charge in [0, 0.05) is 36.0 Å². The number of rotatable bonds is 12. The van der Waals surface area contributed by atoms with Crippen molar-refractivity contribution in [3.05, 3.63) is 101 Å². The van der Waals surface area contributed by atoms with E-state index in [9.17, 15) is 14.0 Å². The Kier molecular flexibility index (Phi) is 10.2. The molecule has 0 saturated heterocycles. The number of amides is 2. The third-order valence-electron chi connectivity index (χ3n) is 6.89. The zero-order chi connectivity index (χ0) is 26.7. The highest BCUT2D eigenvalue weighted by Crippen LogP contribution is 2.22. The van der Waals surface area contributed by atoms with Crippen LogP contribution in [0.2, 0.25) is 5.02 Å². The summed E-state index contributed by atoms with van der Waals surface area (Å²) in [6.45, 7) is 0.345. The minimum Gasteiger partial charge on any atom is -0.494 e. The molecule has 1 atom stereocenters. The van der Waals surface area contributed by atoms with E-state index in [0.29, 0.717) is 35.8 Å². The van der Waals surface area contributed by atoms with Gasteiger partial charge in [-0.2, -0.15) is 0 Å². The maximum Gasteiger partial charge on any atom is 0.243 e. The Morgan fingerprint density at radius 3 is 2.37 bits per heavy atom. The summed E-state index contributed by atoms with van der Waals surface area (Å²) in [7, 11) is 0. The summed E-state index contributed by atoms with van der Waals surface area (Å²) in [5, 5.41) is 3.79. The fourth-order valence-electron chi connectivity index (χ4n) is 4.82. The first-order valence-corrected chi connectivity index (χ1v) is 13.6. The van der Waals surface area contributed by atoms with Gasteiger partial charge in [-0.25, -0.2) is 4.39 Å². The van der Waals surface area contributed by atoms with E-state index in [1.807, 2.05) is 30.3 Å². The SMILES string of the molecule is O=C(NC1CCCC1)[C@H](Cc1ccccc1)N(Cc1ccccc1F)C(=O)CCCOc1ccc(Cl)cc1. The molecule has 5 nitrogen and oxygen atoms in total. The maximum absolute atomic E-state index is 14.7. The number of carbonyl (C=O) groups is 2. The average Bonchev–Trinajstić information content (AvgIpc) is 3.44. The molecule has 0 aliphatic heterocycles. The van der Waals surface area contributed by atoms with Crippen molar-refractivity contribution in [3.8, 4) is 5.75 Å². The second-order valence-corrected chi connectivity index (χ2v) is 10.2. The Balaban J connectivity index is 1.52. The predicted octanol–water partition coefficient (Wildman–Crippen LogP) is 6.34. The molecule has 1 aliphatic carbocycles. The van der Waals surface area contributed by atoms with E-state index >= 15 is 0 Å². The molecule has 1 fully saturated rings. The Morgan fingerprint density at radius 1 is 0.974 bits per heavy atom. The van der Waals surface area contributed by atoms with Crippen LogP contribution in [0, 0.1) is 5.82 Å². The number of nitrogens with one attached hydrogen (secondary N) is 1. The van der Waals surface area contributed by atoms with E-state index < -0.39 is 11.9 Å². The number of nitrogens with zero attached hydrogens (tertiary/aromatic N) is 1. The summed E-state index contributed by atoms with van der Waals surface area (Å²) in [5.41, 5.74) is 1.32. The molecule has 3 aromatic carbocycles. The number of carbonyl (C=O) groups excluding carboxylic acids is 2. The molecule has 1 saturated carbocycles. The quantitative estimate of drug-likeness (QED) is 0.275. The molecule has 38 heavy (non-hydrogen) atoms. The predicted molar refractivity (Wildman–Crippen MR) is 147 cm³/mol. The molecular weight excluding hydrogens is 503 g/mol. The molecule has 0 spiro atoms. The fourth-order valence-corrected chi connectivity index (χ4v) is 4.95. The maximum atomic E-state index is 14.7. The van der Waals surface area contributed by atoms with Crippen molar-refractivity contribution in [1.29, 1.82) is 0 Å². The van der Waals surface area contributed by atoms with Gasteiger partial charge in [0.25, 0.3) is 0 Å². The van der Waals surface area contributed by atoms with Crippen LogP contribution in [0.1, 0.15) is 49.7 Å². The molecule has 0 radical (unpaired) electrons. The third kappa shape index (κ3) is 8.06. The molecule has 4 rings (SSSR count). The molecule has 1 aliphatic rings. The summed E-state index contributed by atoms with van der Waals surface area (Å²) < 4.78 is 20.4. The third-order valence-corrected chi connectivity index (χ3v) is 7.14. The van der Waals surface area contributed by atoms with E-state index in [0.717, 1.165) is 31.2 Å². The van der Waals surface area contributed by atoms with Gasteiger partial charge in [-0.15, -0.1) is 0 Å². The van der Waals surface area contributed by atoms with Crippen LogP contribution in [-0.2, 0) is 22.6 Å². The molecule has 0 heterocycles. The Morgan fingerprint density at radius 2 is 1.66 bits per heavy atom. The highest BCUT2D eigenvalue weighted by molar-refractivity contribution is 6.30. The van der Waals surface area contributed by atoms with Crippen LogP contribution in [0.4, 0.5) is 4.39 Å². The van der Waals surface area contributed by atoms with Crippen molar-refractivity contribution in [3.63, 3.8) is 0 Å². The van der Waals surface area contributed by atoms with E-state index in [2.05, 4.69) is 5.32 Å². The molecular formula is C31H34ClFN2O3. The van der Waals surface area contributed by atoms with Crippen LogP contribution < -0.4 is 10.1 Å². The van der Waals surface area contributed by atoms with Crippen molar-refractivity contribution >= 4 is 23.4 Å². The van der Waals surface area contributed by atoms with Gasteiger partial charge in [-0.1, -0.05) is 73.0 Å². The summed E-state index contributed by atoms with van der Waals surface area (Å²) in [6.07, 6.45) is 5.02. The van der Waals surface area contributed by atoms with Crippen LogP contribution in [0.15, 0.2) is 78.9 Å². The first kappa shape index (κ1) is 27.6. The zero-order valence-corrected chi connectivity index (χ0v) is 22.2. The zero-order valence-electron chi connectivity index (χ0n) is 21.5. The molecule has 0 unspecified atom stereocenters. The van der Waals surface area contributed by atoms with E-state index in [-0.39, 0.29) is 30.8 Å². The van der Waals surface area contributed by atoms with Crippen LogP contribution >= 0.6 is 11.6 Å². The van der Waals surface area contributed by atoms with Crippen molar-refractivity contribution < 1.29 is 18.7 Å².